The average Bonchev–Trinajstić information content (AvgIpc) is 2.68. The highest BCUT2D eigenvalue weighted by atomic mass is 79.9. The van der Waals surface area contributed by atoms with Gasteiger partial charge in [0, 0.05) is 15.9 Å². The summed E-state index contributed by atoms with van der Waals surface area (Å²) in [4.78, 5) is 1.20. The molecule has 102 valence electrons. The van der Waals surface area contributed by atoms with Gasteiger partial charge in [-0.2, -0.15) is 0 Å². The minimum absolute atomic E-state index is 0.102. The van der Waals surface area contributed by atoms with Gasteiger partial charge in [-0.05, 0) is 65.6 Å². The Balaban J connectivity index is 2.23. The first-order chi connectivity index (χ1) is 9.01. The van der Waals surface area contributed by atoms with Crippen LogP contribution in [0.3, 0.4) is 0 Å². The van der Waals surface area contributed by atoms with Crippen LogP contribution in [0.1, 0.15) is 22.0 Å². The lowest BCUT2D eigenvalue weighted by atomic mass is 10.0. The van der Waals surface area contributed by atoms with Gasteiger partial charge in [0.05, 0.1) is 3.79 Å². The SMILES string of the molecule is CNC(Cc1ccc(Cl)cc1F)c1cc(C)c(Br)s1. The van der Waals surface area contributed by atoms with E-state index in [1.54, 1.807) is 23.5 Å². The number of thiophene rings is 1. The van der Waals surface area contributed by atoms with Crippen molar-refractivity contribution in [3.05, 3.63) is 54.9 Å². The van der Waals surface area contributed by atoms with Crippen molar-refractivity contribution in [3.8, 4) is 0 Å². The minimum Gasteiger partial charge on any atom is -0.312 e. The zero-order chi connectivity index (χ0) is 14.0. The largest absolute Gasteiger partial charge is 0.312 e. The van der Waals surface area contributed by atoms with Gasteiger partial charge in [0.15, 0.2) is 0 Å². The molecule has 1 N–H and O–H groups in total. The Bertz CT molecular complexity index is 565. The van der Waals surface area contributed by atoms with Gasteiger partial charge >= 0.3 is 0 Å². The minimum atomic E-state index is -0.250. The van der Waals surface area contributed by atoms with Gasteiger partial charge < -0.3 is 5.32 Å². The topological polar surface area (TPSA) is 12.0 Å². The Morgan fingerprint density at radius 2 is 2.16 bits per heavy atom. The quantitative estimate of drug-likeness (QED) is 0.796. The highest BCUT2D eigenvalue weighted by molar-refractivity contribution is 9.11. The van der Waals surface area contributed by atoms with E-state index in [-0.39, 0.29) is 11.9 Å². The molecule has 0 fully saturated rings. The number of aryl methyl sites for hydroxylation is 1. The van der Waals surface area contributed by atoms with E-state index in [1.807, 2.05) is 7.05 Å². The molecule has 0 saturated heterocycles. The molecule has 1 heterocycles. The molecule has 0 spiro atoms. The lowest BCUT2D eigenvalue weighted by molar-refractivity contribution is 0.560. The maximum absolute atomic E-state index is 13.8. The average molecular weight is 363 g/mol. The monoisotopic (exact) mass is 361 g/mol. The fourth-order valence-corrected chi connectivity index (χ4v) is 3.75. The van der Waals surface area contributed by atoms with E-state index in [9.17, 15) is 4.39 Å². The van der Waals surface area contributed by atoms with Gasteiger partial charge in [-0.15, -0.1) is 11.3 Å². The molecule has 0 bridgehead atoms. The van der Waals surface area contributed by atoms with Crippen LogP contribution in [-0.4, -0.2) is 7.05 Å². The summed E-state index contributed by atoms with van der Waals surface area (Å²) < 4.78 is 15.0. The van der Waals surface area contributed by atoms with E-state index in [4.69, 9.17) is 11.6 Å². The van der Waals surface area contributed by atoms with Gasteiger partial charge in [-0.3, -0.25) is 0 Å². The molecule has 1 unspecified atom stereocenters. The molecule has 1 aromatic carbocycles. The third kappa shape index (κ3) is 3.57. The van der Waals surface area contributed by atoms with Crippen LogP contribution in [0.4, 0.5) is 4.39 Å². The fourth-order valence-electron chi connectivity index (χ4n) is 1.91. The van der Waals surface area contributed by atoms with Gasteiger partial charge in [-0.25, -0.2) is 4.39 Å². The van der Waals surface area contributed by atoms with Crippen molar-refractivity contribution in [2.24, 2.45) is 0 Å². The van der Waals surface area contributed by atoms with E-state index in [0.717, 1.165) is 3.79 Å². The zero-order valence-electron chi connectivity index (χ0n) is 10.6. The van der Waals surface area contributed by atoms with Crippen LogP contribution in [-0.2, 0) is 6.42 Å². The van der Waals surface area contributed by atoms with Crippen molar-refractivity contribution in [3.63, 3.8) is 0 Å². The summed E-state index contributed by atoms with van der Waals surface area (Å²) in [7, 11) is 1.89. The molecule has 1 atom stereocenters. The first kappa shape index (κ1) is 15.0. The maximum atomic E-state index is 13.8. The lowest BCUT2D eigenvalue weighted by Gasteiger charge is -2.15. The van der Waals surface area contributed by atoms with E-state index in [1.165, 1.54) is 16.5 Å². The Morgan fingerprint density at radius 1 is 1.42 bits per heavy atom. The van der Waals surface area contributed by atoms with Crippen LogP contribution in [0.2, 0.25) is 5.02 Å². The Hall–Kier alpha value is -0.420. The smallest absolute Gasteiger partial charge is 0.127 e. The van der Waals surface area contributed by atoms with Crippen LogP contribution in [0.25, 0.3) is 0 Å². The Labute approximate surface area is 129 Å². The molecule has 0 aliphatic carbocycles. The molecule has 19 heavy (non-hydrogen) atoms. The summed E-state index contributed by atoms with van der Waals surface area (Å²) in [6.45, 7) is 2.06. The van der Waals surface area contributed by atoms with Crippen LogP contribution >= 0.6 is 38.9 Å². The number of hydrogen-bond donors (Lipinski definition) is 1. The number of benzene rings is 1. The van der Waals surface area contributed by atoms with Crippen molar-refractivity contribution in [2.45, 2.75) is 19.4 Å². The standard InChI is InChI=1S/C14H14BrClFNS/c1-8-5-13(19-14(8)15)12(18-2)6-9-3-4-10(16)7-11(9)17/h3-5,7,12,18H,6H2,1-2H3. The van der Waals surface area contributed by atoms with Crippen molar-refractivity contribution < 1.29 is 4.39 Å². The number of hydrogen-bond acceptors (Lipinski definition) is 2. The van der Waals surface area contributed by atoms with Gasteiger partial charge in [-0.1, -0.05) is 17.7 Å². The second-order valence-electron chi connectivity index (χ2n) is 4.39. The molecule has 1 nitrogen and oxygen atoms in total. The molecular formula is C14H14BrClFNS. The second kappa shape index (κ2) is 6.35. The lowest BCUT2D eigenvalue weighted by Crippen LogP contribution is -2.18. The highest BCUT2D eigenvalue weighted by Gasteiger charge is 2.16. The van der Waals surface area contributed by atoms with Crippen LogP contribution in [0, 0.1) is 12.7 Å². The van der Waals surface area contributed by atoms with E-state index < -0.39 is 0 Å². The Kier molecular flexibility index (Phi) is 5.01. The molecule has 5 heteroatoms. The Morgan fingerprint density at radius 3 is 2.68 bits per heavy atom. The summed E-state index contributed by atoms with van der Waals surface area (Å²) in [5.41, 5.74) is 1.88. The second-order valence-corrected chi connectivity index (χ2v) is 7.22. The van der Waals surface area contributed by atoms with Gasteiger partial charge in [0.2, 0.25) is 0 Å². The number of rotatable bonds is 4. The molecule has 2 rings (SSSR count). The summed E-state index contributed by atoms with van der Waals surface area (Å²) in [5.74, 6) is -0.250. The van der Waals surface area contributed by atoms with Crippen molar-refractivity contribution >= 4 is 38.9 Å². The first-order valence-electron chi connectivity index (χ1n) is 5.88. The van der Waals surface area contributed by atoms with E-state index in [2.05, 4.69) is 34.2 Å². The third-order valence-electron chi connectivity index (χ3n) is 3.01. The molecule has 0 amide bonds. The summed E-state index contributed by atoms with van der Waals surface area (Å²) in [6.07, 6.45) is 0.603. The molecule has 0 saturated carbocycles. The van der Waals surface area contributed by atoms with Crippen LogP contribution in [0.5, 0.6) is 0 Å². The molecule has 0 aliphatic heterocycles. The van der Waals surface area contributed by atoms with Crippen molar-refractivity contribution in [1.82, 2.24) is 5.32 Å². The third-order valence-corrected chi connectivity index (χ3v) is 5.49. The molecular weight excluding hydrogens is 349 g/mol. The van der Waals surface area contributed by atoms with Gasteiger partial charge in [0.25, 0.3) is 0 Å². The fraction of sp³-hybridized carbons (Fsp3) is 0.286. The van der Waals surface area contributed by atoms with Crippen molar-refractivity contribution in [2.75, 3.05) is 7.05 Å². The molecule has 0 radical (unpaired) electrons. The van der Waals surface area contributed by atoms with Crippen LogP contribution < -0.4 is 5.32 Å². The zero-order valence-corrected chi connectivity index (χ0v) is 13.8. The van der Waals surface area contributed by atoms with Crippen molar-refractivity contribution in [1.29, 1.82) is 0 Å². The molecule has 1 aromatic heterocycles. The highest BCUT2D eigenvalue weighted by Crippen LogP contribution is 2.33. The molecule has 2 aromatic rings. The summed E-state index contributed by atoms with van der Waals surface area (Å²) in [6, 6.07) is 7.06. The molecule has 0 aliphatic rings. The predicted octanol–water partition coefficient (Wildman–Crippen LogP) is 5.11. The number of nitrogens with one attached hydrogen (secondary N) is 1. The normalized spacial score (nSPS) is 12.7. The van der Waals surface area contributed by atoms with E-state index in [0.29, 0.717) is 17.0 Å². The summed E-state index contributed by atoms with van der Waals surface area (Å²) in [5, 5.41) is 3.67. The van der Waals surface area contributed by atoms with E-state index >= 15 is 0 Å². The number of halogens is 3. The van der Waals surface area contributed by atoms with Crippen LogP contribution in [0.15, 0.2) is 28.1 Å². The maximum Gasteiger partial charge on any atom is 0.127 e. The van der Waals surface area contributed by atoms with Gasteiger partial charge in [0.1, 0.15) is 5.82 Å². The predicted molar refractivity (Wildman–Crippen MR) is 83.7 cm³/mol. The first-order valence-corrected chi connectivity index (χ1v) is 7.87. The number of likely N-dealkylation sites (N-methyl/N-ethyl adjacent to an activating group) is 1. The summed E-state index contributed by atoms with van der Waals surface area (Å²) >= 11 is 11.0.